The smallest absolute Gasteiger partial charge is 0.166 e. The molecule has 0 aliphatic carbocycles. The van der Waals surface area contributed by atoms with Gasteiger partial charge in [0.05, 0.1) is 34.5 Å². The lowest BCUT2D eigenvalue weighted by molar-refractivity contribution is 0.141. The van der Waals surface area contributed by atoms with E-state index in [1.165, 1.54) is 14.2 Å². The van der Waals surface area contributed by atoms with Gasteiger partial charge >= 0.3 is 0 Å². The topological polar surface area (TPSA) is 83.2 Å². The minimum Gasteiger partial charge on any atom is -0.493 e. The number of nitrogens with two attached hydrogens (primary N) is 1. The lowest BCUT2D eigenvalue weighted by atomic mass is 9.94. The second-order valence-electron chi connectivity index (χ2n) is 5.14. The summed E-state index contributed by atoms with van der Waals surface area (Å²) in [6.45, 7) is 0. The van der Waals surface area contributed by atoms with Gasteiger partial charge in [-0.1, -0.05) is 24.3 Å². The van der Waals surface area contributed by atoms with Crippen LogP contribution in [0.15, 0.2) is 36.4 Å². The molecule has 0 saturated carbocycles. The van der Waals surface area contributed by atoms with E-state index in [0.717, 1.165) is 0 Å². The van der Waals surface area contributed by atoms with E-state index in [-0.39, 0.29) is 0 Å². The average molecular weight is 333 g/mol. The van der Waals surface area contributed by atoms with E-state index in [1.54, 1.807) is 50.6 Å². The van der Waals surface area contributed by atoms with Crippen molar-refractivity contribution in [2.75, 3.05) is 28.4 Å². The van der Waals surface area contributed by atoms with Crippen molar-refractivity contribution in [2.24, 2.45) is 5.73 Å². The van der Waals surface area contributed by atoms with Gasteiger partial charge in [-0.15, -0.1) is 0 Å². The van der Waals surface area contributed by atoms with E-state index < -0.39 is 12.1 Å². The first kappa shape index (κ1) is 17.9. The minimum atomic E-state index is -1.02. The van der Waals surface area contributed by atoms with Crippen LogP contribution < -0.4 is 24.7 Å². The normalized spacial score (nSPS) is 13.1. The summed E-state index contributed by atoms with van der Waals surface area (Å²) in [7, 11) is 6.14. The number of rotatable bonds is 7. The van der Waals surface area contributed by atoms with Crippen LogP contribution in [0, 0.1) is 0 Å². The molecule has 0 heterocycles. The van der Waals surface area contributed by atoms with Crippen LogP contribution in [-0.4, -0.2) is 33.5 Å². The van der Waals surface area contributed by atoms with Crippen molar-refractivity contribution in [1.29, 1.82) is 0 Å². The summed E-state index contributed by atoms with van der Waals surface area (Å²) in [5, 5.41) is 10.8. The van der Waals surface area contributed by atoms with E-state index in [9.17, 15) is 5.11 Å². The zero-order chi connectivity index (χ0) is 17.7. The van der Waals surface area contributed by atoms with Gasteiger partial charge < -0.3 is 29.8 Å². The highest BCUT2D eigenvalue weighted by atomic mass is 16.5. The minimum absolute atomic E-state index is 0.449. The number of hydrogen-bond acceptors (Lipinski definition) is 6. The molecule has 6 nitrogen and oxygen atoms in total. The van der Waals surface area contributed by atoms with E-state index in [1.807, 2.05) is 0 Å². The van der Waals surface area contributed by atoms with Crippen LogP contribution in [0.4, 0.5) is 0 Å². The van der Waals surface area contributed by atoms with Crippen LogP contribution in [0.2, 0.25) is 0 Å². The Bertz CT molecular complexity index is 630. The van der Waals surface area contributed by atoms with Gasteiger partial charge in [0.25, 0.3) is 0 Å². The number of aliphatic hydroxyl groups is 1. The Morgan fingerprint density at radius 1 is 0.750 bits per heavy atom. The van der Waals surface area contributed by atoms with Crippen molar-refractivity contribution in [3.8, 4) is 23.0 Å². The van der Waals surface area contributed by atoms with Crippen LogP contribution >= 0.6 is 0 Å². The monoisotopic (exact) mass is 333 g/mol. The van der Waals surface area contributed by atoms with Gasteiger partial charge in [0.2, 0.25) is 0 Å². The molecule has 2 rings (SSSR count). The largest absolute Gasteiger partial charge is 0.493 e. The molecule has 0 aromatic heterocycles. The molecule has 2 unspecified atom stereocenters. The number of para-hydroxylation sites is 2. The fourth-order valence-electron chi connectivity index (χ4n) is 2.68. The SMILES string of the molecule is COc1cccc(C(N)C(O)c2cccc(OC)c2OC)c1OC. The first-order valence-corrected chi connectivity index (χ1v) is 7.44. The van der Waals surface area contributed by atoms with E-state index in [4.69, 9.17) is 24.7 Å². The Labute approximate surface area is 141 Å². The van der Waals surface area contributed by atoms with Crippen LogP contribution in [0.3, 0.4) is 0 Å². The molecule has 0 bridgehead atoms. The number of ether oxygens (including phenoxy) is 4. The summed E-state index contributed by atoms with van der Waals surface area (Å²) >= 11 is 0. The van der Waals surface area contributed by atoms with E-state index in [2.05, 4.69) is 0 Å². The van der Waals surface area contributed by atoms with Crippen molar-refractivity contribution in [2.45, 2.75) is 12.1 Å². The highest BCUT2D eigenvalue weighted by molar-refractivity contribution is 5.51. The highest BCUT2D eigenvalue weighted by Crippen LogP contribution is 2.42. The van der Waals surface area contributed by atoms with Crippen molar-refractivity contribution < 1.29 is 24.1 Å². The zero-order valence-corrected chi connectivity index (χ0v) is 14.3. The molecule has 24 heavy (non-hydrogen) atoms. The molecular weight excluding hydrogens is 310 g/mol. The van der Waals surface area contributed by atoms with Gasteiger partial charge in [-0.3, -0.25) is 0 Å². The van der Waals surface area contributed by atoms with Gasteiger partial charge in [-0.05, 0) is 12.1 Å². The van der Waals surface area contributed by atoms with Crippen LogP contribution in [-0.2, 0) is 0 Å². The first-order valence-electron chi connectivity index (χ1n) is 7.44. The summed E-state index contributed by atoms with van der Waals surface area (Å²) in [6.07, 6.45) is -1.02. The summed E-state index contributed by atoms with van der Waals surface area (Å²) in [5.74, 6) is 2.02. The lowest BCUT2D eigenvalue weighted by Crippen LogP contribution is -2.21. The van der Waals surface area contributed by atoms with Gasteiger partial charge in [-0.2, -0.15) is 0 Å². The Morgan fingerprint density at radius 3 is 1.67 bits per heavy atom. The fraction of sp³-hybridized carbons (Fsp3) is 0.333. The molecule has 0 amide bonds. The Morgan fingerprint density at radius 2 is 1.21 bits per heavy atom. The lowest BCUT2D eigenvalue weighted by Gasteiger charge is -2.24. The Kier molecular flexibility index (Phi) is 5.89. The standard InChI is InChI=1S/C18H23NO5/c1-21-13-9-5-7-11(17(13)23-3)15(19)16(20)12-8-6-10-14(22-2)18(12)24-4/h5-10,15-16,20H,19H2,1-4H3. The van der Waals surface area contributed by atoms with Crippen LogP contribution in [0.5, 0.6) is 23.0 Å². The second kappa shape index (κ2) is 7.90. The van der Waals surface area contributed by atoms with Gasteiger partial charge in [0, 0.05) is 11.1 Å². The molecule has 130 valence electrons. The number of aliphatic hydroxyl groups excluding tert-OH is 1. The molecule has 0 spiro atoms. The van der Waals surface area contributed by atoms with E-state index >= 15 is 0 Å². The van der Waals surface area contributed by atoms with Crippen molar-refractivity contribution >= 4 is 0 Å². The Balaban J connectivity index is 2.46. The summed E-state index contributed by atoms with van der Waals surface area (Å²) < 4.78 is 21.3. The third-order valence-electron chi connectivity index (χ3n) is 3.88. The maximum atomic E-state index is 10.8. The van der Waals surface area contributed by atoms with Gasteiger partial charge in [0.1, 0.15) is 6.10 Å². The molecule has 0 fully saturated rings. The molecule has 2 aromatic carbocycles. The maximum absolute atomic E-state index is 10.8. The predicted octanol–water partition coefficient (Wildman–Crippen LogP) is 2.45. The molecule has 0 saturated heterocycles. The summed E-state index contributed by atoms with van der Waals surface area (Å²) in [6, 6.07) is 9.90. The molecule has 0 aliphatic rings. The third kappa shape index (κ3) is 3.25. The molecule has 0 aliphatic heterocycles. The molecule has 2 aromatic rings. The molecule has 2 atom stereocenters. The fourth-order valence-corrected chi connectivity index (χ4v) is 2.68. The maximum Gasteiger partial charge on any atom is 0.166 e. The molecular formula is C18H23NO5. The molecule has 6 heteroatoms. The van der Waals surface area contributed by atoms with E-state index in [0.29, 0.717) is 34.1 Å². The van der Waals surface area contributed by atoms with Crippen molar-refractivity contribution in [1.82, 2.24) is 0 Å². The predicted molar refractivity (Wildman–Crippen MR) is 91.0 cm³/mol. The third-order valence-corrected chi connectivity index (χ3v) is 3.88. The number of methoxy groups -OCH3 is 4. The number of benzene rings is 2. The van der Waals surface area contributed by atoms with Gasteiger partial charge in [-0.25, -0.2) is 0 Å². The van der Waals surface area contributed by atoms with Crippen LogP contribution in [0.1, 0.15) is 23.3 Å². The van der Waals surface area contributed by atoms with Crippen molar-refractivity contribution in [3.05, 3.63) is 47.5 Å². The number of hydrogen-bond donors (Lipinski definition) is 2. The zero-order valence-electron chi connectivity index (χ0n) is 14.3. The molecule has 0 radical (unpaired) electrons. The first-order chi connectivity index (χ1) is 11.6. The summed E-state index contributed by atoms with van der Waals surface area (Å²) in [4.78, 5) is 0. The molecule has 3 N–H and O–H groups in total. The van der Waals surface area contributed by atoms with Crippen molar-refractivity contribution in [3.63, 3.8) is 0 Å². The average Bonchev–Trinajstić information content (AvgIpc) is 2.64. The quantitative estimate of drug-likeness (QED) is 0.810. The highest BCUT2D eigenvalue weighted by Gasteiger charge is 2.27. The Hall–Kier alpha value is -2.44. The summed E-state index contributed by atoms with van der Waals surface area (Å²) in [5.41, 5.74) is 7.47. The second-order valence-corrected chi connectivity index (χ2v) is 5.14. The van der Waals surface area contributed by atoms with Crippen LogP contribution in [0.25, 0.3) is 0 Å². The van der Waals surface area contributed by atoms with Gasteiger partial charge in [0.15, 0.2) is 23.0 Å².